The van der Waals surface area contributed by atoms with Gasteiger partial charge in [0.1, 0.15) is 0 Å². The Morgan fingerprint density at radius 2 is 2.00 bits per heavy atom. The zero-order valence-corrected chi connectivity index (χ0v) is 11.7. The van der Waals surface area contributed by atoms with E-state index in [1.807, 2.05) is 6.08 Å². The van der Waals surface area contributed by atoms with Crippen LogP contribution in [-0.2, 0) is 0 Å². The van der Waals surface area contributed by atoms with Gasteiger partial charge in [-0.15, -0.1) is 6.58 Å². The number of rotatable bonds is 7. The minimum Gasteiger partial charge on any atom is -0.393 e. The molecule has 0 radical (unpaired) electrons. The highest BCUT2D eigenvalue weighted by molar-refractivity contribution is 4.81. The summed E-state index contributed by atoms with van der Waals surface area (Å²) >= 11 is 0. The van der Waals surface area contributed by atoms with Crippen molar-refractivity contribution in [2.45, 2.75) is 71.3 Å². The predicted octanol–water partition coefficient (Wildman–Crippen LogP) is 4.56. The molecule has 0 aromatic carbocycles. The average Bonchev–Trinajstić information content (AvgIpc) is 2.30. The molecular weight excluding hydrogens is 208 g/mol. The fraction of sp³-hybridized carbons (Fsp3) is 0.875. The quantitative estimate of drug-likeness (QED) is 0.509. The second-order valence-corrected chi connectivity index (χ2v) is 6.07. The molecule has 1 aliphatic carbocycles. The molecule has 0 aromatic rings. The summed E-state index contributed by atoms with van der Waals surface area (Å²) in [5.41, 5.74) is 0. The van der Waals surface area contributed by atoms with E-state index in [0.29, 0.717) is 5.92 Å². The van der Waals surface area contributed by atoms with Crippen molar-refractivity contribution >= 4 is 0 Å². The largest absolute Gasteiger partial charge is 0.393 e. The maximum absolute atomic E-state index is 10.1. The molecule has 1 fully saturated rings. The van der Waals surface area contributed by atoms with Gasteiger partial charge < -0.3 is 5.11 Å². The summed E-state index contributed by atoms with van der Waals surface area (Å²) in [7, 11) is 0. The molecule has 0 spiro atoms. The molecule has 0 aromatic heterocycles. The van der Waals surface area contributed by atoms with Crippen LogP contribution in [-0.4, -0.2) is 11.2 Å². The second-order valence-electron chi connectivity index (χ2n) is 6.07. The molecule has 0 heterocycles. The van der Waals surface area contributed by atoms with Crippen molar-refractivity contribution in [1.82, 2.24) is 0 Å². The number of aliphatic hydroxyl groups excluding tert-OH is 1. The van der Waals surface area contributed by atoms with Crippen molar-refractivity contribution in [2.24, 2.45) is 17.8 Å². The summed E-state index contributed by atoms with van der Waals surface area (Å²) in [5, 5.41) is 10.1. The molecule has 1 rings (SSSR count). The highest BCUT2D eigenvalue weighted by Crippen LogP contribution is 2.36. The molecule has 1 nitrogen and oxygen atoms in total. The maximum atomic E-state index is 10.1. The molecular formula is C16H30O. The lowest BCUT2D eigenvalue weighted by Gasteiger charge is -2.35. The Labute approximate surface area is 107 Å². The average molecular weight is 238 g/mol. The highest BCUT2D eigenvalue weighted by atomic mass is 16.3. The molecule has 1 saturated carbocycles. The van der Waals surface area contributed by atoms with E-state index >= 15 is 0 Å². The molecule has 17 heavy (non-hydrogen) atoms. The van der Waals surface area contributed by atoms with Crippen molar-refractivity contribution in [1.29, 1.82) is 0 Å². The van der Waals surface area contributed by atoms with Crippen LogP contribution >= 0.6 is 0 Å². The topological polar surface area (TPSA) is 20.2 Å². The molecule has 0 amide bonds. The number of allylic oxidation sites excluding steroid dienone is 1. The summed E-state index contributed by atoms with van der Waals surface area (Å²) in [5.74, 6) is 2.20. The number of aliphatic hydroxyl groups is 1. The molecule has 0 aliphatic heterocycles. The normalized spacial score (nSPS) is 29.5. The van der Waals surface area contributed by atoms with Gasteiger partial charge in [0.25, 0.3) is 0 Å². The fourth-order valence-corrected chi connectivity index (χ4v) is 3.07. The lowest BCUT2D eigenvalue weighted by atomic mass is 9.73. The van der Waals surface area contributed by atoms with Crippen LogP contribution in [0, 0.1) is 17.8 Å². The Bertz CT molecular complexity index is 210. The van der Waals surface area contributed by atoms with E-state index in [4.69, 9.17) is 0 Å². The Balaban J connectivity index is 2.22. The number of hydrogen-bond donors (Lipinski definition) is 1. The molecule has 1 heteroatoms. The lowest BCUT2D eigenvalue weighted by Crippen LogP contribution is -2.31. The zero-order chi connectivity index (χ0) is 12.7. The van der Waals surface area contributed by atoms with Gasteiger partial charge in [-0.2, -0.15) is 0 Å². The summed E-state index contributed by atoms with van der Waals surface area (Å²) in [6.45, 7) is 8.40. The van der Waals surface area contributed by atoms with Crippen LogP contribution in [0.15, 0.2) is 12.7 Å². The minimum absolute atomic E-state index is 0.0237. The Hall–Kier alpha value is -0.300. The number of hydrogen-bond acceptors (Lipinski definition) is 1. The van der Waals surface area contributed by atoms with Gasteiger partial charge in [-0.25, -0.2) is 0 Å². The third kappa shape index (κ3) is 5.25. The summed E-state index contributed by atoms with van der Waals surface area (Å²) in [4.78, 5) is 0. The zero-order valence-electron chi connectivity index (χ0n) is 11.7. The van der Waals surface area contributed by atoms with E-state index in [-0.39, 0.29) is 6.10 Å². The molecule has 0 bridgehead atoms. The van der Waals surface area contributed by atoms with Crippen LogP contribution in [0.5, 0.6) is 0 Å². The van der Waals surface area contributed by atoms with Crippen LogP contribution in [0.4, 0.5) is 0 Å². The van der Waals surface area contributed by atoms with Gasteiger partial charge in [-0.05, 0) is 56.3 Å². The van der Waals surface area contributed by atoms with Crippen molar-refractivity contribution in [3.63, 3.8) is 0 Å². The highest BCUT2D eigenvalue weighted by Gasteiger charge is 2.29. The van der Waals surface area contributed by atoms with Crippen LogP contribution < -0.4 is 0 Å². The van der Waals surface area contributed by atoms with Gasteiger partial charge in [-0.1, -0.05) is 32.8 Å². The van der Waals surface area contributed by atoms with Gasteiger partial charge >= 0.3 is 0 Å². The monoisotopic (exact) mass is 238 g/mol. The first kappa shape index (κ1) is 14.8. The van der Waals surface area contributed by atoms with Gasteiger partial charge in [0.15, 0.2) is 0 Å². The van der Waals surface area contributed by atoms with Crippen LogP contribution in [0.2, 0.25) is 0 Å². The predicted molar refractivity (Wildman–Crippen MR) is 75.0 cm³/mol. The summed E-state index contributed by atoms with van der Waals surface area (Å²) < 4.78 is 0. The minimum atomic E-state index is -0.0237. The third-order valence-electron chi connectivity index (χ3n) is 4.41. The van der Waals surface area contributed by atoms with Crippen molar-refractivity contribution < 1.29 is 5.11 Å². The molecule has 0 saturated heterocycles. The Kier molecular flexibility index (Phi) is 6.87. The maximum Gasteiger partial charge on any atom is 0.0568 e. The summed E-state index contributed by atoms with van der Waals surface area (Å²) in [6.07, 6.45) is 11.7. The standard InChI is InChI=1S/C16H30O/c1-4-5-6-7-8-9-15-12-14(13(2)3)10-11-16(15)17/h4,13-17H,1,5-12H2,2-3H3. The van der Waals surface area contributed by atoms with E-state index in [1.165, 1.54) is 38.5 Å². The molecule has 1 aliphatic rings. The lowest BCUT2D eigenvalue weighted by molar-refractivity contribution is 0.0324. The van der Waals surface area contributed by atoms with Crippen molar-refractivity contribution in [3.8, 4) is 0 Å². The first-order valence-electron chi connectivity index (χ1n) is 7.44. The van der Waals surface area contributed by atoms with E-state index < -0.39 is 0 Å². The number of unbranched alkanes of at least 4 members (excludes halogenated alkanes) is 3. The molecule has 1 N–H and O–H groups in total. The second kappa shape index (κ2) is 7.92. The van der Waals surface area contributed by atoms with E-state index in [9.17, 15) is 5.11 Å². The first-order valence-corrected chi connectivity index (χ1v) is 7.44. The van der Waals surface area contributed by atoms with E-state index in [0.717, 1.165) is 24.7 Å². The van der Waals surface area contributed by atoms with E-state index in [2.05, 4.69) is 20.4 Å². The van der Waals surface area contributed by atoms with Gasteiger partial charge in [0, 0.05) is 0 Å². The van der Waals surface area contributed by atoms with Crippen LogP contribution in [0.3, 0.4) is 0 Å². The fourth-order valence-electron chi connectivity index (χ4n) is 3.07. The smallest absolute Gasteiger partial charge is 0.0568 e. The summed E-state index contributed by atoms with van der Waals surface area (Å²) in [6, 6.07) is 0. The van der Waals surface area contributed by atoms with Gasteiger partial charge in [0.2, 0.25) is 0 Å². The SMILES string of the molecule is C=CCCCCCC1CC(C(C)C)CCC1O. The first-order chi connectivity index (χ1) is 8.15. The Morgan fingerprint density at radius 3 is 2.65 bits per heavy atom. The van der Waals surface area contributed by atoms with Gasteiger partial charge in [0.05, 0.1) is 6.10 Å². The van der Waals surface area contributed by atoms with Crippen LogP contribution in [0.1, 0.15) is 65.2 Å². The molecule has 100 valence electrons. The van der Waals surface area contributed by atoms with Crippen molar-refractivity contribution in [3.05, 3.63) is 12.7 Å². The van der Waals surface area contributed by atoms with E-state index in [1.54, 1.807) is 0 Å². The van der Waals surface area contributed by atoms with Gasteiger partial charge in [-0.3, -0.25) is 0 Å². The van der Waals surface area contributed by atoms with Crippen LogP contribution in [0.25, 0.3) is 0 Å². The van der Waals surface area contributed by atoms with Crippen molar-refractivity contribution in [2.75, 3.05) is 0 Å². The Morgan fingerprint density at radius 1 is 1.24 bits per heavy atom. The third-order valence-corrected chi connectivity index (χ3v) is 4.41. The molecule has 3 atom stereocenters. The molecule has 3 unspecified atom stereocenters.